The van der Waals surface area contributed by atoms with E-state index in [1.807, 2.05) is 0 Å². The Hall–Kier alpha value is -2.77. The minimum Gasteiger partial charge on any atom is -0.486 e. The summed E-state index contributed by atoms with van der Waals surface area (Å²) in [5.41, 5.74) is 0.465. The summed E-state index contributed by atoms with van der Waals surface area (Å²) in [6.45, 7) is 2.66. The smallest absolute Gasteiger partial charge is 0.313 e. The Bertz CT molecular complexity index is 676. The van der Waals surface area contributed by atoms with Crippen molar-refractivity contribution in [2.24, 2.45) is 0 Å². The molecule has 0 radical (unpaired) electrons. The van der Waals surface area contributed by atoms with Crippen LogP contribution >= 0.6 is 0 Å². The third-order valence-corrected chi connectivity index (χ3v) is 4.07. The largest absolute Gasteiger partial charge is 0.486 e. The number of carbonyl (C=O) groups is 3. The Morgan fingerprint density at radius 1 is 1.12 bits per heavy atom. The molecule has 1 saturated heterocycles. The fourth-order valence-corrected chi connectivity index (χ4v) is 2.80. The molecule has 25 heavy (non-hydrogen) atoms. The van der Waals surface area contributed by atoms with Gasteiger partial charge in [0.25, 0.3) is 0 Å². The van der Waals surface area contributed by atoms with Gasteiger partial charge < -0.3 is 25.0 Å². The van der Waals surface area contributed by atoms with Crippen molar-refractivity contribution in [3.8, 4) is 11.5 Å². The van der Waals surface area contributed by atoms with Gasteiger partial charge in [-0.3, -0.25) is 14.4 Å². The van der Waals surface area contributed by atoms with Crippen LogP contribution in [0.5, 0.6) is 11.5 Å². The molecule has 8 heteroatoms. The maximum absolute atomic E-state index is 11.9. The summed E-state index contributed by atoms with van der Waals surface area (Å²) < 4.78 is 10.8. The summed E-state index contributed by atoms with van der Waals surface area (Å²) in [7, 11) is 0. The summed E-state index contributed by atoms with van der Waals surface area (Å²) in [4.78, 5) is 37.0. The number of hydrogen-bond donors (Lipinski definition) is 2. The molecule has 2 heterocycles. The molecule has 3 rings (SSSR count). The topological polar surface area (TPSA) is 97.0 Å². The van der Waals surface area contributed by atoms with Crippen LogP contribution in [0.1, 0.15) is 19.3 Å². The second-order valence-electron chi connectivity index (χ2n) is 5.91. The molecule has 3 amide bonds. The number of benzene rings is 1. The van der Waals surface area contributed by atoms with Gasteiger partial charge in [0.1, 0.15) is 13.2 Å². The van der Waals surface area contributed by atoms with E-state index in [0.717, 1.165) is 13.0 Å². The third-order valence-electron chi connectivity index (χ3n) is 4.07. The second kappa shape index (κ2) is 7.87. The highest BCUT2D eigenvalue weighted by atomic mass is 16.6. The molecular formula is C17H21N3O5. The van der Waals surface area contributed by atoms with Gasteiger partial charge in [-0.15, -0.1) is 0 Å². The molecule has 134 valence electrons. The number of amides is 3. The van der Waals surface area contributed by atoms with Crippen molar-refractivity contribution in [3.05, 3.63) is 18.2 Å². The van der Waals surface area contributed by atoms with Crippen molar-refractivity contribution >= 4 is 23.4 Å². The number of ether oxygens (including phenoxy) is 2. The van der Waals surface area contributed by atoms with Crippen LogP contribution in [0.25, 0.3) is 0 Å². The lowest BCUT2D eigenvalue weighted by atomic mass is 10.2. The summed E-state index contributed by atoms with van der Waals surface area (Å²) in [6, 6.07) is 4.96. The number of fused-ring (bicyclic) bond motifs is 1. The van der Waals surface area contributed by atoms with Crippen molar-refractivity contribution in [1.29, 1.82) is 0 Å². The highest BCUT2D eigenvalue weighted by Gasteiger charge is 2.20. The molecule has 1 fully saturated rings. The Kier molecular flexibility index (Phi) is 5.37. The van der Waals surface area contributed by atoms with Crippen molar-refractivity contribution in [3.63, 3.8) is 0 Å². The number of likely N-dealkylation sites (tertiary alicyclic amines) is 1. The molecule has 2 N–H and O–H groups in total. The van der Waals surface area contributed by atoms with Crippen molar-refractivity contribution in [2.45, 2.75) is 19.3 Å². The predicted molar refractivity (Wildman–Crippen MR) is 89.5 cm³/mol. The van der Waals surface area contributed by atoms with Crippen molar-refractivity contribution < 1.29 is 23.9 Å². The van der Waals surface area contributed by atoms with Gasteiger partial charge >= 0.3 is 11.8 Å². The maximum Gasteiger partial charge on any atom is 0.313 e. The van der Waals surface area contributed by atoms with Crippen LogP contribution in [0, 0.1) is 0 Å². The number of nitrogens with one attached hydrogen (secondary N) is 2. The number of anilines is 1. The van der Waals surface area contributed by atoms with Gasteiger partial charge in [0, 0.05) is 37.8 Å². The average molecular weight is 347 g/mol. The van der Waals surface area contributed by atoms with Gasteiger partial charge in [0.05, 0.1) is 0 Å². The standard InChI is InChI=1S/C17H21N3O5/c21-15-3-1-7-20(15)8-2-6-18-16(22)17(23)19-12-4-5-13-14(11-12)25-10-9-24-13/h4-5,11H,1-3,6-10H2,(H,18,22)(H,19,23). The first-order chi connectivity index (χ1) is 12.1. The summed E-state index contributed by atoms with van der Waals surface area (Å²) in [5, 5.41) is 5.09. The van der Waals surface area contributed by atoms with Crippen LogP contribution in [0.3, 0.4) is 0 Å². The van der Waals surface area contributed by atoms with E-state index in [1.54, 1.807) is 23.1 Å². The molecule has 8 nitrogen and oxygen atoms in total. The number of carbonyl (C=O) groups excluding carboxylic acids is 3. The first-order valence-corrected chi connectivity index (χ1v) is 8.40. The lowest BCUT2D eigenvalue weighted by molar-refractivity contribution is -0.136. The van der Waals surface area contributed by atoms with Gasteiger partial charge in [-0.25, -0.2) is 0 Å². The van der Waals surface area contributed by atoms with Crippen LogP contribution in [0.2, 0.25) is 0 Å². The number of hydrogen-bond acceptors (Lipinski definition) is 5. The van der Waals surface area contributed by atoms with Crippen LogP contribution < -0.4 is 20.1 Å². The number of rotatable bonds is 5. The van der Waals surface area contributed by atoms with Gasteiger partial charge in [-0.05, 0) is 25.0 Å². The van der Waals surface area contributed by atoms with E-state index in [2.05, 4.69) is 10.6 Å². The van der Waals surface area contributed by atoms with E-state index < -0.39 is 11.8 Å². The second-order valence-corrected chi connectivity index (χ2v) is 5.91. The average Bonchev–Trinajstić information content (AvgIpc) is 3.03. The van der Waals surface area contributed by atoms with Gasteiger partial charge in [-0.1, -0.05) is 0 Å². The first kappa shape index (κ1) is 17.1. The molecule has 0 atom stereocenters. The van der Waals surface area contributed by atoms with E-state index in [1.165, 1.54) is 0 Å². The molecule has 0 saturated carbocycles. The van der Waals surface area contributed by atoms with Crippen LogP contribution in [0.15, 0.2) is 18.2 Å². The van der Waals surface area contributed by atoms with E-state index in [4.69, 9.17) is 9.47 Å². The molecule has 1 aromatic rings. The highest BCUT2D eigenvalue weighted by Crippen LogP contribution is 2.32. The summed E-state index contributed by atoms with van der Waals surface area (Å²) in [5.74, 6) is -0.135. The fourth-order valence-electron chi connectivity index (χ4n) is 2.80. The maximum atomic E-state index is 11.9. The van der Waals surface area contributed by atoms with E-state index >= 15 is 0 Å². The normalized spacial score (nSPS) is 15.8. The zero-order chi connectivity index (χ0) is 17.6. The monoisotopic (exact) mass is 347 g/mol. The number of nitrogens with zero attached hydrogens (tertiary/aromatic N) is 1. The predicted octanol–water partition coefficient (Wildman–Crippen LogP) is 0.525. The van der Waals surface area contributed by atoms with E-state index in [0.29, 0.717) is 56.3 Å². The molecule has 0 unspecified atom stereocenters. The molecule has 2 aliphatic heterocycles. The van der Waals surface area contributed by atoms with Gasteiger partial charge in [-0.2, -0.15) is 0 Å². The van der Waals surface area contributed by atoms with E-state index in [9.17, 15) is 14.4 Å². The molecule has 0 spiro atoms. The summed E-state index contributed by atoms with van der Waals surface area (Å²) in [6.07, 6.45) is 2.11. The van der Waals surface area contributed by atoms with Crippen molar-refractivity contribution in [2.75, 3.05) is 38.2 Å². The first-order valence-electron chi connectivity index (χ1n) is 8.40. The van der Waals surface area contributed by atoms with Crippen molar-refractivity contribution in [1.82, 2.24) is 10.2 Å². The Balaban J connectivity index is 1.41. The Morgan fingerprint density at radius 2 is 1.92 bits per heavy atom. The van der Waals surface area contributed by atoms with Crippen LogP contribution in [0.4, 0.5) is 5.69 Å². The Morgan fingerprint density at radius 3 is 2.68 bits per heavy atom. The minimum atomic E-state index is -0.742. The lowest BCUT2D eigenvalue weighted by Gasteiger charge is -2.19. The molecule has 0 aliphatic carbocycles. The zero-order valence-electron chi connectivity index (χ0n) is 13.9. The quantitative estimate of drug-likeness (QED) is 0.598. The molecule has 0 aromatic heterocycles. The molecule has 2 aliphatic rings. The van der Waals surface area contributed by atoms with E-state index in [-0.39, 0.29) is 5.91 Å². The van der Waals surface area contributed by atoms with Crippen LogP contribution in [-0.2, 0) is 14.4 Å². The molecular weight excluding hydrogens is 326 g/mol. The lowest BCUT2D eigenvalue weighted by Crippen LogP contribution is -2.37. The molecule has 1 aromatic carbocycles. The SMILES string of the molecule is O=C(NCCCN1CCCC1=O)C(=O)Nc1ccc2c(c1)OCCO2. The van der Waals surface area contributed by atoms with Crippen LogP contribution in [-0.4, -0.2) is 55.5 Å². The fraction of sp³-hybridized carbons (Fsp3) is 0.471. The Labute approximate surface area is 145 Å². The third kappa shape index (κ3) is 4.40. The van der Waals surface area contributed by atoms with Gasteiger partial charge in [0.15, 0.2) is 11.5 Å². The summed E-state index contributed by atoms with van der Waals surface area (Å²) >= 11 is 0. The minimum absolute atomic E-state index is 0.155. The van der Waals surface area contributed by atoms with Gasteiger partial charge in [0.2, 0.25) is 5.91 Å². The zero-order valence-corrected chi connectivity index (χ0v) is 13.9. The molecule has 0 bridgehead atoms. The highest BCUT2D eigenvalue weighted by molar-refractivity contribution is 6.39.